The van der Waals surface area contributed by atoms with Crippen LogP contribution < -0.4 is 0 Å². The van der Waals surface area contributed by atoms with E-state index in [1.54, 1.807) is 4.57 Å². The Morgan fingerprint density at radius 2 is 2.00 bits per heavy atom. The van der Waals surface area contributed by atoms with Crippen LogP contribution in [0.25, 0.3) is 0 Å². The van der Waals surface area contributed by atoms with E-state index >= 15 is 0 Å². The summed E-state index contributed by atoms with van der Waals surface area (Å²) in [5.74, 6) is -0.489. The molecule has 112 valence electrons. The molecular weight excluding hydrogens is 302 g/mol. The number of ether oxygens (including phenoxy) is 1. The van der Waals surface area contributed by atoms with Crippen molar-refractivity contribution in [1.82, 2.24) is 4.57 Å². The largest absolute Gasteiger partial charge is 0.458 e. The molecule has 1 heterocycles. The predicted molar refractivity (Wildman–Crippen MR) is 75.5 cm³/mol. The lowest BCUT2D eigenvalue weighted by Crippen LogP contribution is -2.18. The molecule has 0 aliphatic heterocycles. The third kappa shape index (κ3) is 3.35. The van der Waals surface area contributed by atoms with Crippen LogP contribution in [-0.2, 0) is 13.8 Å². The van der Waals surface area contributed by atoms with Crippen molar-refractivity contribution in [2.45, 2.75) is 56.6 Å². The van der Waals surface area contributed by atoms with Gasteiger partial charge in [-0.3, -0.25) is 0 Å². The lowest BCUT2D eigenvalue weighted by molar-refractivity contribution is 0.0303. The molecule has 1 aliphatic carbocycles. The lowest BCUT2D eigenvalue weighted by atomic mass is 10.3. The molecular formula is C13H18ClNO4S. The first-order valence-corrected chi connectivity index (χ1v) is 8.97. The fraction of sp³-hybridized carbons (Fsp3) is 0.615. The maximum atomic E-state index is 12.2. The highest BCUT2D eigenvalue weighted by molar-refractivity contribution is 8.13. The minimum absolute atomic E-state index is 0.0610. The SMILES string of the molecule is CC(C)n1cc(S(=O)(=O)Cl)cc1C(=O)OC1CCCC1. The van der Waals surface area contributed by atoms with Gasteiger partial charge in [0.15, 0.2) is 0 Å². The number of halogens is 1. The summed E-state index contributed by atoms with van der Waals surface area (Å²) < 4.78 is 29.8. The average Bonchev–Trinajstić information content (AvgIpc) is 2.95. The van der Waals surface area contributed by atoms with Crippen molar-refractivity contribution in [2.24, 2.45) is 0 Å². The summed E-state index contributed by atoms with van der Waals surface area (Å²) in [4.78, 5) is 12.1. The topological polar surface area (TPSA) is 65.4 Å². The molecule has 0 atom stereocenters. The molecule has 0 N–H and O–H groups in total. The van der Waals surface area contributed by atoms with E-state index < -0.39 is 15.0 Å². The minimum Gasteiger partial charge on any atom is -0.458 e. The second-order valence-corrected chi connectivity index (χ2v) is 7.88. The van der Waals surface area contributed by atoms with Gasteiger partial charge in [0.25, 0.3) is 9.05 Å². The molecule has 1 saturated carbocycles. The van der Waals surface area contributed by atoms with Gasteiger partial charge in [0.05, 0.1) is 0 Å². The molecule has 7 heteroatoms. The summed E-state index contributed by atoms with van der Waals surface area (Å²) in [6.07, 6.45) is 5.17. The van der Waals surface area contributed by atoms with Crippen molar-refractivity contribution < 1.29 is 17.9 Å². The second-order valence-electron chi connectivity index (χ2n) is 5.31. The van der Waals surface area contributed by atoms with Gasteiger partial charge in [-0.05, 0) is 45.6 Å². The molecule has 0 aromatic carbocycles. The monoisotopic (exact) mass is 319 g/mol. The van der Waals surface area contributed by atoms with Gasteiger partial charge in [-0.25, -0.2) is 13.2 Å². The van der Waals surface area contributed by atoms with Crippen molar-refractivity contribution in [3.8, 4) is 0 Å². The number of hydrogen-bond acceptors (Lipinski definition) is 4. The number of carbonyl (C=O) groups excluding carboxylic acids is 1. The molecule has 0 bridgehead atoms. The molecule has 1 aromatic rings. The molecule has 2 rings (SSSR count). The standard InChI is InChI=1S/C13H18ClNO4S/c1-9(2)15-8-11(20(14,17)18)7-12(15)13(16)19-10-5-3-4-6-10/h7-10H,3-6H2,1-2H3. The van der Waals surface area contributed by atoms with Crippen LogP contribution in [-0.4, -0.2) is 25.1 Å². The van der Waals surface area contributed by atoms with E-state index in [1.165, 1.54) is 12.3 Å². The van der Waals surface area contributed by atoms with Crippen LogP contribution in [0.15, 0.2) is 17.2 Å². The summed E-state index contributed by atoms with van der Waals surface area (Å²) in [6, 6.07) is 1.22. The highest BCUT2D eigenvalue weighted by Crippen LogP contribution is 2.25. The normalized spacial score (nSPS) is 16.8. The van der Waals surface area contributed by atoms with Crippen molar-refractivity contribution in [3.05, 3.63) is 18.0 Å². The Morgan fingerprint density at radius 1 is 1.40 bits per heavy atom. The van der Waals surface area contributed by atoms with Gasteiger partial charge in [0.1, 0.15) is 16.7 Å². The average molecular weight is 320 g/mol. The van der Waals surface area contributed by atoms with Crippen LogP contribution in [0, 0.1) is 0 Å². The van der Waals surface area contributed by atoms with E-state index in [2.05, 4.69) is 0 Å². The van der Waals surface area contributed by atoms with Crippen molar-refractivity contribution in [3.63, 3.8) is 0 Å². The van der Waals surface area contributed by atoms with Gasteiger partial charge in [0.2, 0.25) is 0 Å². The summed E-state index contributed by atoms with van der Waals surface area (Å²) in [6.45, 7) is 3.72. The highest BCUT2D eigenvalue weighted by atomic mass is 35.7. The zero-order valence-corrected chi connectivity index (χ0v) is 13.1. The van der Waals surface area contributed by atoms with E-state index in [4.69, 9.17) is 15.4 Å². The molecule has 0 saturated heterocycles. The fourth-order valence-corrected chi connectivity index (χ4v) is 3.14. The molecule has 0 unspecified atom stereocenters. The van der Waals surface area contributed by atoms with E-state index in [-0.39, 0.29) is 22.7 Å². The lowest BCUT2D eigenvalue weighted by Gasteiger charge is -2.15. The summed E-state index contributed by atoms with van der Waals surface area (Å²) >= 11 is 0. The summed E-state index contributed by atoms with van der Waals surface area (Å²) in [7, 11) is 1.48. The predicted octanol–water partition coefficient (Wildman–Crippen LogP) is 3.10. The molecule has 0 spiro atoms. The second kappa shape index (κ2) is 5.77. The van der Waals surface area contributed by atoms with E-state index in [9.17, 15) is 13.2 Å². The third-order valence-electron chi connectivity index (χ3n) is 3.45. The van der Waals surface area contributed by atoms with Crippen LogP contribution in [0.3, 0.4) is 0 Å². The van der Waals surface area contributed by atoms with E-state index in [1.807, 2.05) is 13.8 Å². The Morgan fingerprint density at radius 3 is 2.50 bits per heavy atom. The molecule has 0 radical (unpaired) electrons. The molecule has 20 heavy (non-hydrogen) atoms. The summed E-state index contributed by atoms with van der Waals surface area (Å²) in [5.41, 5.74) is 0.228. The number of nitrogens with zero attached hydrogens (tertiary/aromatic N) is 1. The Bertz CT molecular complexity index is 600. The maximum absolute atomic E-state index is 12.2. The Kier molecular flexibility index (Phi) is 4.44. The van der Waals surface area contributed by atoms with Gasteiger partial charge in [-0.2, -0.15) is 0 Å². The third-order valence-corrected chi connectivity index (χ3v) is 4.77. The van der Waals surface area contributed by atoms with E-state index in [0.717, 1.165) is 25.7 Å². The zero-order valence-electron chi connectivity index (χ0n) is 11.5. The van der Waals surface area contributed by atoms with Crippen LogP contribution in [0.4, 0.5) is 0 Å². The first-order valence-electron chi connectivity index (χ1n) is 6.66. The smallest absolute Gasteiger partial charge is 0.355 e. The van der Waals surface area contributed by atoms with Gasteiger partial charge in [0, 0.05) is 22.9 Å². The van der Waals surface area contributed by atoms with Crippen LogP contribution in [0.5, 0.6) is 0 Å². The van der Waals surface area contributed by atoms with Crippen LogP contribution >= 0.6 is 10.7 Å². The van der Waals surface area contributed by atoms with Gasteiger partial charge >= 0.3 is 5.97 Å². The quantitative estimate of drug-likeness (QED) is 0.632. The van der Waals surface area contributed by atoms with Crippen molar-refractivity contribution in [1.29, 1.82) is 0 Å². The highest BCUT2D eigenvalue weighted by Gasteiger charge is 2.25. The van der Waals surface area contributed by atoms with Crippen LogP contribution in [0.2, 0.25) is 0 Å². The van der Waals surface area contributed by atoms with E-state index in [0.29, 0.717) is 0 Å². The Labute approximate surface area is 123 Å². The van der Waals surface area contributed by atoms with Crippen molar-refractivity contribution >= 4 is 25.7 Å². The molecule has 1 aliphatic rings. The number of hydrogen-bond donors (Lipinski definition) is 0. The van der Waals surface area contributed by atoms with Crippen molar-refractivity contribution in [2.75, 3.05) is 0 Å². The molecule has 0 amide bonds. The number of rotatable bonds is 4. The number of carbonyl (C=O) groups is 1. The maximum Gasteiger partial charge on any atom is 0.355 e. The first-order chi connectivity index (χ1) is 9.29. The molecule has 1 aromatic heterocycles. The fourth-order valence-electron chi connectivity index (χ4n) is 2.40. The first kappa shape index (κ1) is 15.4. The molecule has 1 fully saturated rings. The zero-order chi connectivity index (χ0) is 14.9. The Hall–Kier alpha value is -1.01. The molecule has 5 nitrogen and oxygen atoms in total. The van der Waals surface area contributed by atoms with Gasteiger partial charge < -0.3 is 9.30 Å². The Balaban J connectivity index is 2.29. The minimum atomic E-state index is -3.86. The van der Waals surface area contributed by atoms with Gasteiger partial charge in [-0.15, -0.1) is 0 Å². The number of aromatic nitrogens is 1. The number of esters is 1. The summed E-state index contributed by atoms with van der Waals surface area (Å²) in [5, 5.41) is 0. The van der Waals surface area contributed by atoms with Gasteiger partial charge in [-0.1, -0.05) is 0 Å². The van der Waals surface area contributed by atoms with Crippen LogP contribution in [0.1, 0.15) is 56.1 Å².